The van der Waals surface area contributed by atoms with Crippen molar-refractivity contribution in [2.24, 2.45) is 22.0 Å². The molecule has 3 N–H and O–H groups in total. The van der Waals surface area contributed by atoms with Crippen LogP contribution in [-0.4, -0.2) is 40.9 Å². The maximum absolute atomic E-state index is 11.9. The van der Waals surface area contributed by atoms with Crippen molar-refractivity contribution < 1.29 is 24.2 Å². The van der Waals surface area contributed by atoms with Gasteiger partial charge in [-0.25, -0.2) is 9.59 Å². The topological polar surface area (TPSA) is 159 Å². The van der Waals surface area contributed by atoms with Crippen LogP contribution in [0.15, 0.2) is 46.7 Å². The van der Waals surface area contributed by atoms with Crippen LogP contribution in [0.5, 0.6) is 0 Å². The van der Waals surface area contributed by atoms with E-state index in [1.165, 1.54) is 19.9 Å². The molecule has 11 heteroatoms. The molecule has 45 heavy (non-hydrogen) atoms. The highest BCUT2D eigenvalue weighted by atomic mass is 16.7. The van der Waals surface area contributed by atoms with E-state index in [1.54, 1.807) is 12.1 Å². The van der Waals surface area contributed by atoms with Gasteiger partial charge in [-0.3, -0.25) is 10.1 Å². The smallest absolute Gasteiger partial charge is 0.326 e. The van der Waals surface area contributed by atoms with Gasteiger partial charge < -0.3 is 20.7 Å². The molecule has 0 aromatic heterocycles. The molecule has 2 unspecified atom stereocenters. The summed E-state index contributed by atoms with van der Waals surface area (Å²) in [5.74, 6) is -0.975. The fourth-order valence-corrected chi connectivity index (χ4v) is 6.64. The molecule has 0 spiro atoms. The maximum Gasteiger partial charge on any atom is 0.331 e. The first kappa shape index (κ1) is 33.9. The second kappa shape index (κ2) is 15.4. The summed E-state index contributed by atoms with van der Waals surface area (Å²) < 4.78 is 0. The van der Waals surface area contributed by atoms with E-state index in [-0.39, 0.29) is 22.9 Å². The lowest BCUT2D eigenvalue weighted by Gasteiger charge is -2.39. The normalized spacial score (nSPS) is 19.0. The highest BCUT2D eigenvalue weighted by molar-refractivity contribution is 6.13. The monoisotopic (exact) mass is 619 g/mol. The zero-order chi connectivity index (χ0) is 32.6. The minimum absolute atomic E-state index is 0.00283. The number of hydrogen-bond acceptors (Lipinski definition) is 10. The summed E-state index contributed by atoms with van der Waals surface area (Å²) in [6, 6.07) is 10.5. The summed E-state index contributed by atoms with van der Waals surface area (Å²) in [6.07, 6.45) is 8.64. The Balaban J connectivity index is 1.89. The van der Waals surface area contributed by atoms with E-state index in [9.17, 15) is 19.7 Å². The van der Waals surface area contributed by atoms with Gasteiger partial charge in [0.1, 0.15) is 0 Å². The third-order valence-corrected chi connectivity index (χ3v) is 8.80. The number of nitrogens with zero attached hydrogens (tertiary/aromatic N) is 3. The summed E-state index contributed by atoms with van der Waals surface area (Å²) in [4.78, 5) is 45.4. The standard InChI is InChI=1S/C34H45N5O6/c1-5-7-18-36-34(33(35)11-6-2)29-19-25(14-16-27(29)28-17-15-26(39(42)43)20-30(28)34)32(38-45-23(4)41)21-31(37-44-22(3)40)24-12-9-8-10-13-24/h14-17,19-20,24,33,36H,5-13,18,21,35H2,1-4H3/b37-31-,38-32-. The van der Waals surface area contributed by atoms with Crippen molar-refractivity contribution in [1.82, 2.24) is 5.32 Å². The molecule has 2 aromatic rings. The number of rotatable bonds is 14. The number of non-ortho nitro benzene ring substituents is 1. The lowest BCUT2D eigenvalue weighted by Crippen LogP contribution is -2.55. The maximum atomic E-state index is 11.9. The molecule has 2 aliphatic carbocycles. The van der Waals surface area contributed by atoms with Crippen LogP contribution in [-0.2, 0) is 24.8 Å². The number of nitro groups is 1. The average Bonchev–Trinajstić information content (AvgIpc) is 3.30. The van der Waals surface area contributed by atoms with Crippen LogP contribution < -0.4 is 11.1 Å². The van der Waals surface area contributed by atoms with Crippen molar-refractivity contribution in [2.75, 3.05) is 6.54 Å². The SMILES string of the molecule is CCCCNC1(C(N)CCC)c2cc(/C(C/C(=N/OC(C)=O)C3CCCCC3)=N\OC(C)=O)ccc2-c2ccc([N+](=O)[O-])cc21. The molecule has 0 saturated heterocycles. The van der Waals surface area contributed by atoms with Crippen molar-refractivity contribution in [3.05, 3.63) is 63.2 Å². The highest BCUT2D eigenvalue weighted by Gasteiger charge is 2.48. The van der Waals surface area contributed by atoms with E-state index in [2.05, 4.69) is 29.5 Å². The van der Waals surface area contributed by atoms with Crippen LogP contribution in [0.25, 0.3) is 11.1 Å². The Kier molecular flexibility index (Phi) is 11.6. The number of carbonyl (C=O) groups is 2. The van der Waals surface area contributed by atoms with Gasteiger partial charge in [0.05, 0.1) is 21.9 Å². The van der Waals surface area contributed by atoms with E-state index in [1.807, 2.05) is 18.2 Å². The number of nitro benzene ring substituents is 1. The van der Waals surface area contributed by atoms with Crippen molar-refractivity contribution in [2.45, 2.75) is 103 Å². The molecule has 0 heterocycles. The first-order valence-electron chi connectivity index (χ1n) is 16.1. The predicted octanol–water partition coefficient (Wildman–Crippen LogP) is 6.49. The number of unbranched alkanes of at least 4 members (excludes halogenated alkanes) is 1. The molecule has 2 aromatic carbocycles. The molecule has 1 saturated carbocycles. The van der Waals surface area contributed by atoms with Gasteiger partial charge in [-0.2, -0.15) is 0 Å². The second-order valence-corrected chi connectivity index (χ2v) is 12.0. The summed E-state index contributed by atoms with van der Waals surface area (Å²) in [7, 11) is 0. The van der Waals surface area contributed by atoms with Crippen molar-refractivity contribution in [1.29, 1.82) is 0 Å². The molecule has 4 rings (SSSR count). The van der Waals surface area contributed by atoms with Crippen molar-refractivity contribution >= 4 is 29.0 Å². The van der Waals surface area contributed by atoms with Crippen LogP contribution in [0, 0.1) is 16.0 Å². The summed E-state index contributed by atoms with van der Waals surface area (Å²) in [5.41, 5.74) is 11.4. The van der Waals surface area contributed by atoms with E-state index >= 15 is 0 Å². The quantitative estimate of drug-likeness (QED) is 0.0798. The molecule has 2 atom stereocenters. The Labute approximate surface area is 264 Å². The zero-order valence-electron chi connectivity index (χ0n) is 26.8. The zero-order valence-corrected chi connectivity index (χ0v) is 26.8. The molecular formula is C34H45N5O6. The molecule has 0 bridgehead atoms. The summed E-state index contributed by atoms with van der Waals surface area (Å²) in [5, 5.41) is 24.2. The minimum atomic E-state index is -0.900. The number of hydrogen-bond donors (Lipinski definition) is 2. The highest BCUT2D eigenvalue weighted by Crippen LogP contribution is 2.51. The number of nitrogens with one attached hydrogen (secondary N) is 1. The molecule has 2 aliphatic rings. The lowest BCUT2D eigenvalue weighted by atomic mass is 9.77. The Hall–Kier alpha value is -3.96. The van der Waals surface area contributed by atoms with E-state index < -0.39 is 23.5 Å². The summed E-state index contributed by atoms with van der Waals surface area (Å²) in [6.45, 7) is 7.44. The largest absolute Gasteiger partial charge is 0.331 e. The number of nitrogens with two attached hydrogens (primary N) is 1. The minimum Gasteiger partial charge on any atom is -0.326 e. The molecule has 242 valence electrons. The van der Waals surface area contributed by atoms with Crippen LogP contribution >= 0.6 is 0 Å². The second-order valence-electron chi connectivity index (χ2n) is 12.0. The Bertz CT molecular complexity index is 1460. The van der Waals surface area contributed by atoms with Crippen LogP contribution in [0.1, 0.15) is 109 Å². The molecule has 0 radical (unpaired) electrons. The van der Waals surface area contributed by atoms with Crippen LogP contribution in [0.2, 0.25) is 0 Å². The third kappa shape index (κ3) is 7.65. The first-order valence-corrected chi connectivity index (χ1v) is 16.1. The van der Waals surface area contributed by atoms with Gasteiger partial charge in [-0.05, 0) is 66.6 Å². The number of benzene rings is 2. The fraction of sp³-hybridized carbons (Fsp3) is 0.529. The van der Waals surface area contributed by atoms with Gasteiger partial charge in [0, 0.05) is 49.9 Å². The third-order valence-electron chi connectivity index (χ3n) is 8.80. The average molecular weight is 620 g/mol. The van der Waals surface area contributed by atoms with Crippen molar-refractivity contribution in [3.63, 3.8) is 0 Å². The van der Waals surface area contributed by atoms with E-state index in [0.29, 0.717) is 30.0 Å². The number of oxime groups is 2. The predicted molar refractivity (Wildman–Crippen MR) is 174 cm³/mol. The molecule has 0 aliphatic heterocycles. The fourth-order valence-electron chi connectivity index (χ4n) is 6.64. The van der Waals surface area contributed by atoms with Gasteiger partial charge in [-0.1, -0.05) is 68.4 Å². The van der Waals surface area contributed by atoms with Crippen LogP contribution in [0.3, 0.4) is 0 Å². The Morgan fingerprint density at radius 3 is 2.27 bits per heavy atom. The summed E-state index contributed by atoms with van der Waals surface area (Å²) >= 11 is 0. The van der Waals surface area contributed by atoms with Crippen LogP contribution in [0.4, 0.5) is 5.69 Å². The Morgan fingerprint density at radius 1 is 1.00 bits per heavy atom. The Morgan fingerprint density at radius 2 is 1.64 bits per heavy atom. The lowest BCUT2D eigenvalue weighted by molar-refractivity contribution is -0.384. The molecule has 11 nitrogen and oxygen atoms in total. The molecular weight excluding hydrogens is 574 g/mol. The molecule has 1 fully saturated rings. The number of carbonyl (C=O) groups excluding carboxylic acids is 2. The van der Waals surface area contributed by atoms with E-state index in [0.717, 1.165) is 73.6 Å². The van der Waals surface area contributed by atoms with Crippen molar-refractivity contribution in [3.8, 4) is 11.1 Å². The van der Waals surface area contributed by atoms with E-state index in [4.69, 9.17) is 15.4 Å². The van der Waals surface area contributed by atoms with Gasteiger partial charge in [0.25, 0.3) is 5.69 Å². The first-order chi connectivity index (χ1) is 21.6. The number of fused-ring (bicyclic) bond motifs is 3. The molecule has 0 amide bonds. The van der Waals surface area contributed by atoms with Gasteiger partial charge in [0.2, 0.25) is 0 Å². The van der Waals surface area contributed by atoms with Gasteiger partial charge in [-0.15, -0.1) is 0 Å². The van der Waals surface area contributed by atoms with Gasteiger partial charge in [0.15, 0.2) is 0 Å². The van der Waals surface area contributed by atoms with Gasteiger partial charge >= 0.3 is 11.9 Å².